The first-order valence-corrected chi connectivity index (χ1v) is 8.76. The summed E-state index contributed by atoms with van der Waals surface area (Å²) >= 11 is 0. The van der Waals surface area contributed by atoms with Crippen LogP contribution in [0, 0.1) is 6.92 Å². The van der Waals surface area contributed by atoms with E-state index in [1.54, 1.807) is 12.1 Å². The Balaban J connectivity index is 1.89. The SMILES string of the molecule is Cc1ccc(S(=O)(=O)OC[C@H](CO)OC2CCCCO2)cc1. The maximum Gasteiger partial charge on any atom is 0.297 e. The number of aliphatic hydroxyl groups is 1. The van der Waals surface area contributed by atoms with Crippen molar-refractivity contribution in [2.45, 2.75) is 43.5 Å². The van der Waals surface area contributed by atoms with Gasteiger partial charge in [-0.1, -0.05) is 17.7 Å². The number of ether oxygens (including phenoxy) is 2. The molecule has 0 bridgehead atoms. The maximum atomic E-state index is 12.1. The molecule has 124 valence electrons. The van der Waals surface area contributed by atoms with Crippen molar-refractivity contribution in [3.8, 4) is 0 Å². The Hall–Kier alpha value is -0.990. The van der Waals surface area contributed by atoms with Crippen molar-refractivity contribution in [1.29, 1.82) is 0 Å². The summed E-state index contributed by atoms with van der Waals surface area (Å²) in [7, 11) is -3.85. The fraction of sp³-hybridized carbons (Fsp3) is 0.600. The van der Waals surface area contributed by atoms with E-state index < -0.39 is 22.5 Å². The van der Waals surface area contributed by atoms with Crippen LogP contribution in [0.1, 0.15) is 24.8 Å². The molecule has 0 aromatic heterocycles. The van der Waals surface area contributed by atoms with Crippen LogP contribution in [0.2, 0.25) is 0 Å². The van der Waals surface area contributed by atoms with Crippen molar-refractivity contribution in [3.63, 3.8) is 0 Å². The summed E-state index contributed by atoms with van der Waals surface area (Å²) in [6, 6.07) is 6.38. The van der Waals surface area contributed by atoms with E-state index in [-0.39, 0.29) is 18.1 Å². The van der Waals surface area contributed by atoms with E-state index in [0.29, 0.717) is 6.61 Å². The first kappa shape index (κ1) is 17.4. The summed E-state index contributed by atoms with van der Waals surface area (Å²) in [6.45, 7) is 1.91. The van der Waals surface area contributed by atoms with Gasteiger partial charge in [0, 0.05) is 6.61 Å². The van der Waals surface area contributed by atoms with Gasteiger partial charge in [-0.05, 0) is 38.3 Å². The molecule has 0 spiro atoms. The zero-order valence-electron chi connectivity index (χ0n) is 12.6. The number of benzene rings is 1. The van der Waals surface area contributed by atoms with Crippen molar-refractivity contribution in [2.75, 3.05) is 19.8 Å². The fourth-order valence-corrected chi connectivity index (χ4v) is 3.04. The summed E-state index contributed by atoms with van der Waals surface area (Å²) in [5, 5.41) is 9.31. The van der Waals surface area contributed by atoms with E-state index in [1.165, 1.54) is 12.1 Å². The summed E-state index contributed by atoms with van der Waals surface area (Å²) in [6.07, 6.45) is 1.58. The van der Waals surface area contributed by atoms with Crippen LogP contribution >= 0.6 is 0 Å². The number of aliphatic hydroxyl groups excluding tert-OH is 1. The molecule has 1 aliphatic heterocycles. The quantitative estimate of drug-likeness (QED) is 0.765. The Bertz CT molecular complexity index is 548. The Morgan fingerprint density at radius 2 is 2.05 bits per heavy atom. The third kappa shape index (κ3) is 5.03. The molecule has 22 heavy (non-hydrogen) atoms. The van der Waals surface area contributed by atoms with Gasteiger partial charge in [0.2, 0.25) is 0 Å². The summed E-state index contributed by atoms with van der Waals surface area (Å²) in [5.74, 6) is 0. The summed E-state index contributed by atoms with van der Waals surface area (Å²) in [5.41, 5.74) is 0.963. The van der Waals surface area contributed by atoms with Gasteiger partial charge in [-0.25, -0.2) is 0 Å². The molecule has 1 N–H and O–H groups in total. The molecule has 0 radical (unpaired) electrons. The Labute approximate surface area is 131 Å². The lowest BCUT2D eigenvalue weighted by Crippen LogP contribution is -2.33. The molecule has 0 aliphatic carbocycles. The molecule has 2 rings (SSSR count). The van der Waals surface area contributed by atoms with E-state index in [4.69, 9.17) is 13.7 Å². The van der Waals surface area contributed by atoms with Crippen molar-refractivity contribution in [3.05, 3.63) is 29.8 Å². The Kier molecular flexibility index (Phi) is 6.34. The average Bonchev–Trinajstić information content (AvgIpc) is 2.53. The monoisotopic (exact) mass is 330 g/mol. The van der Waals surface area contributed by atoms with Crippen LogP contribution in [0.4, 0.5) is 0 Å². The van der Waals surface area contributed by atoms with Gasteiger partial charge in [-0.2, -0.15) is 8.42 Å². The first-order valence-electron chi connectivity index (χ1n) is 7.35. The van der Waals surface area contributed by atoms with Crippen molar-refractivity contribution < 1.29 is 27.2 Å². The number of aryl methyl sites for hydroxylation is 1. The Morgan fingerprint density at radius 3 is 2.64 bits per heavy atom. The molecule has 1 saturated heterocycles. The highest BCUT2D eigenvalue weighted by atomic mass is 32.2. The topological polar surface area (TPSA) is 82.1 Å². The highest BCUT2D eigenvalue weighted by Gasteiger charge is 2.23. The van der Waals surface area contributed by atoms with E-state index in [2.05, 4.69) is 0 Å². The molecule has 1 aromatic carbocycles. The predicted molar refractivity (Wildman–Crippen MR) is 79.9 cm³/mol. The van der Waals surface area contributed by atoms with Crippen LogP contribution in [-0.2, 0) is 23.8 Å². The second-order valence-corrected chi connectivity index (χ2v) is 6.90. The normalized spacial score (nSPS) is 20.7. The van der Waals surface area contributed by atoms with Gasteiger partial charge < -0.3 is 14.6 Å². The lowest BCUT2D eigenvalue weighted by molar-refractivity contribution is -0.199. The van der Waals surface area contributed by atoms with E-state index in [0.717, 1.165) is 24.8 Å². The molecule has 6 nitrogen and oxygen atoms in total. The number of hydrogen-bond acceptors (Lipinski definition) is 6. The van der Waals surface area contributed by atoms with Crippen molar-refractivity contribution >= 4 is 10.1 Å². The molecule has 2 atom stereocenters. The largest absolute Gasteiger partial charge is 0.394 e. The summed E-state index contributed by atoms with van der Waals surface area (Å²) < 4.78 is 40.0. The van der Waals surface area contributed by atoms with E-state index >= 15 is 0 Å². The van der Waals surface area contributed by atoms with Crippen LogP contribution in [0.5, 0.6) is 0 Å². The first-order chi connectivity index (χ1) is 10.5. The molecule has 7 heteroatoms. The van der Waals surface area contributed by atoms with Crippen LogP contribution in [0.25, 0.3) is 0 Å². The van der Waals surface area contributed by atoms with E-state index in [9.17, 15) is 13.5 Å². The smallest absolute Gasteiger partial charge is 0.297 e. The molecular formula is C15H22O6S. The van der Waals surface area contributed by atoms with Gasteiger partial charge in [0.25, 0.3) is 10.1 Å². The number of rotatable bonds is 7. The van der Waals surface area contributed by atoms with Crippen LogP contribution in [0.3, 0.4) is 0 Å². The highest BCUT2D eigenvalue weighted by Crippen LogP contribution is 2.17. The average molecular weight is 330 g/mol. The van der Waals surface area contributed by atoms with Gasteiger partial charge in [0.1, 0.15) is 6.10 Å². The molecule has 1 aromatic rings. The minimum atomic E-state index is -3.85. The Morgan fingerprint density at radius 1 is 1.32 bits per heavy atom. The van der Waals surface area contributed by atoms with Crippen LogP contribution in [-0.4, -0.2) is 45.7 Å². The van der Waals surface area contributed by atoms with Gasteiger partial charge in [0.05, 0.1) is 18.1 Å². The van der Waals surface area contributed by atoms with Crippen molar-refractivity contribution in [2.24, 2.45) is 0 Å². The van der Waals surface area contributed by atoms with Crippen LogP contribution in [0.15, 0.2) is 29.2 Å². The van der Waals surface area contributed by atoms with Crippen LogP contribution < -0.4 is 0 Å². The second-order valence-electron chi connectivity index (χ2n) is 5.29. The lowest BCUT2D eigenvalue weighted by atomic mass is 10.2. The standard InChI is InChI=1S/C15H22O6S/c1-12-5-7-14(8-6-12)22(17,18)20-11-13(10-16)21-15-4-2-3-9-19-15/h5-8,13,15-16H,2-4,9-11H2,1H3/t13-,15?/m0/s1. The fourth-order valence-electron chi connectivity index (χ4n) is 2.11. The maximum absolute atomic E-state index is 12.1. The lowest BCUT2D eigenvalue weighted by Gasteiger charge is -2.26. The van der Waals surface area contributed by atoms with Gasteiger partial charge in [0.15, 0.2) is 6.29 Å². The zero-order chi connectivity index (χ0) is 16.0. The third-order valence-electron chi connectivity index (χ3n) is 3.40. The molecule has 1 heterocycles. The zero-order valence-corrected chi connectivity index (χ0v) is 13.4. The minimum Gasteiger partial charge on any atom is -0.394 e. The van der Waals surface area contributed by atoms with Crippen molar-refractivity contribution in [1.82, 2.24) is 0 Å². The molecular weight excluding hydrogens is 308 g/mol. The number of hydrogen-bond donors (Lipinski definition) is 1. The highest BCUT2D eigenvalue weighted by molar-refractivity contribution is 7.86. The van der Waals surface area contributed by atoms with Gasteiger partial charge >= 0.3 is 0 Å². The van der Waals surface area contributed by atoms with Gasteiger partial charge in [-0.15, -0.1) is 0 Å². The molecule has 1 fully saturated rings. The second kappa shape index (κ2) is 8.03. The molecule has 0 saturated carbocycles. The third-order valence-corrected chi connectivity index (χ3v) is 4.70. The molecule has 0 amide bonds. The van der Waals surface area contributed by atoms with E-state index in [1.807, 2.05) is 6.92 Å². The van der Waals surface area contributed by atoms with Gasteiger partial charge in [-0.3, -0.25) is 4.18 Å². The predicted octanol–water partition coefficient (Wildman–Crippen LogP) is 1.60. The minimum absolute atomic E-state index is 0.0868. The summed E-state index contributed by atoms with van der Waals surface area (Å²) in [4.78, 5) is 0.0868. The molecule has 1 unspecified atom stereocenters. The molecule has 1 aliphatic rings.